The monoisotopic (exact) mass is 460 g/mol. The molecule has 0 unspecified atom stereocenters. The number of piperazine rings is 1. The summed E-state index contributed by atoms with van der Waals surface area (Å²) in [5.41, 5.74) is 0.210. The van der Waals surface area contributed by atoms with Gasteiger partial charge in [0.25, 0.3) is 11.8 Å². The molecule has 0 saturated carbocycles. The van der Waals surface area contributed by atoms with Gasteiger partial charge in [0.15, 0.2) is 20.0 Å². The van der Waals surface area contributed by atoms with Crippen LogP contribution in [0.5, 0.6) is 0 Å². The second-order valence-electron chi connectivity index (χ2n) is 8.34. The van der Waals surface area contributed by atoms with Crippen LogP contribution in [0.15, 0.2) is 18.3 Å². The first-order valence-electron chi connectivity index (χ1n) is 9.67. The molecule has 3 heterocycles. The Hall–Kier alpha value is -2.38. The largest absolute Gasteiger partial charge is 0.320 e. The summed E-state index contributed by atoms with van der Waals surface area (Å²) in [7, 11) is 1.46. The Morgan fingerprint density at radius 3 is 2.26 bits per heavy atom. The molecule has 0 spiro atoms. The molecular weight excluding hydrogens is 436 g/mol. The number of pyridine rings is 1. The Kier molecular flexibility index (Phi) is 5.74. The fraction of sp³-hybridized carbons (Fsp3) is 0.524. The van der Waals surface area contributed by atoms with Gasteiger partial charge in [-0.3, -0.25) is 24.2 Å². The zero-order chi connectivity index (χ0) is 23.4. The summed E-state index contributed by atoms with van der Waals surface area (Å²) in [5, 5.41) is 9.47. The van der Waals surface area contributed by atoms with Crippen LogP contribution in [0, 0.1) is 23.7 Å². The number of aromatic nitrogens is 1. The van der Waals surface area contributed by atoms with Crippen LogP contribution >= 0.6 is 23.5 Å². The molecule has 0 bridgehead atoms. The molecule has 2 aliphatic rings. The number of fused-ring (bicyclic) bond motifs is 1. The second kappa shape index (κ2) is 7.64. The first-order valence-corrected chi connectivity index (χ1v) is 11.3. The van der Waals surface area contributed by atoms with Crippen molar-refractivity contribution in [2.75, 3.05) is 7.05 Å². The number of nitrogens with zero attached hydrogens (tertiary/aromatic N) is 4. The van der Waals surface area contributed by atoms with Crippen molar-refractivity contribution in [3.05, 3.63) is 29.6 Å². The summed E-state index contributed by atoms with van der Waals surface area (Å²) in [6.45, 7) is 7.70. The highest BCUT2D eigenvalue weighted by molar-refractivity contribution is 8.16. The molecule has 2 amide bonds. The molecule has 3 rings (SSSR count). The minimum absolute atomic E-state index is 0.0188. The summed E-state index contributed by atoms with van der Waals surface area (Å²) in [4.78, 5) is 55.8. The smallest absolute Gasteiger partial charge is 0.261 e. The van der Waals surface area contributed by atoms with Crippen LogP contribution in [0.1, 0.15) is 51.4 Å². The van der Waals surface area contributed by atoms with E-state index in [4.69, 9.17) is 0 Å². The third-order valence-electron chi connectivity index (χ3n) is 5.91. The van der Waals surface area contributed by atoms with Gasteiger partial charge in [-0.2, -0.15) is 5.26 Å². The van der Waals surface area contributed by atoms with E-state index in [0.717, 1.165) is 29.2 Å². The molecule has 0 radical (unpaired) electrons. The van der Waals surface area contributed by atoms with Gasteiger partial charge >= 0.3 is 0 Å². The van der Waals surface area contributed by atoms with E-state index >= 15 is 0 Å². The van der Waals surface area contributed by atoms with E-state index in [1.165, 1.54) is 37.6 Å². The van der Waals surface area contributed by atoms with E-state index in [9.17, 15) is 24.4 Å². The molecule has 1 aromatic heterocycles. The summed E-state index contributed by atoms with van der Waals surface area (Å²) in [6, 6.07) is 5.04. The number of likely N-dealkylation sites (N-methyl/N-ethyl adjacent to an activating group) is 1. The van der Waals surface area contributed by atoms with E-state index in [0.29, 0.717) is 5.56 Å². The minimum atomic E-state index is -1.57. The first-order chi connectivity index (χ1) is 14.3. The van der Waals surface area contributed by atoms with E-state index in [2.05, 4.69) is 11.1 Å². The fourth-order valence-corrected chi connectivity index (χ4v) is 6.80. The van der Waals surface area contributed by atoms with Gasteiger partial charge in [-0.05, 0) is 44.2 Å². The highest BCUT2D eigenvalue weighted by atomic mass is 32.2. The van der Waals surface area contributed by atoms with Gasteiger partial charge in [0.1, 0.15) is 0 Å². The second-order valence-corrected chi connectivity index (χ2v) is 11.4. The van der Waals surface area contributed by atoms with Gasteiger partial charge in [-0.15, -0.1) is 0 Å². The number of nitriles is 1. The maximum atomic E-state index is 14.0. The molecule has 0 aromatic carbocycles. The highest BCUT2D eigenvalue weighted by Gasteiger charge is 2.71. The lowest BCUT2D eigenvalue weighted by molar-refractivity contribution is -0.163. The van der Waals surface area contributed by atoms with Crippen LogP contribution in [0.25, 0.3) is 0 Å². The van der Waals surface area contributed by atoms with Crippen molar-refractivity contribution < 1.29 is 19.2 Å². The van der Waals surface area contributed by atoms with Crippen molar-refractivity contribution in [3.8, 4) is 6.07 Å². The van der Waals surface area contributed by atoms with E-state index in [1.807, 2.05) is 6.92 Å². The fourth-order valence-electron chi connectivity index (χ4n) is 4.47. The molecule has 31 heavy (non-hydrogen) atoms. The molecule has 4 atom stereocenters. The quantitative estimate of drug-likeness (QED) is 0.677. The average molecular weight is 461 g/mol. The van der Waals surface area contributed by atoms with Gasteiger partial charge in [0.05, 0.1) is 17.5 Å². The lowest BCUT2D eigenvalue weighted by Crippen LogP contribution is -2.71. The zero-order valence-corrected chi connectivity index (χ0v) is 19.9. The van der Waals surface area contributed by atoms with Crippen molar-refractivity contribution in [2.45, 2.75) is 56.8 Å². The maximum absolute atomic E-state index is 14.0. The Labute approximate surface area is 189 Å². The van der Waals surface area contributed by atoms with Crippen LogP contribution in [-0.2, 0) is 19.2 Å². The van der Waals surface area contributed by atoms with Gasteiger partial charge in [-0.25, -0.2) is 0 Å². The predicted octanol–water partition coefficient (Wildman–Crippen LogP) is 2.64. The number of rotatable bonds is 3. The van der Waals surface area contributed by atoms with Crippen molar-refractivity contribution >= 4 is 45.6 Å². The van der Waals surface area contributed by atoms with Crippen molar-refractivity contribution in [1.29, 1.82) is 5.26 Å². The Morgan fingerprint density at radius 2 is 1.77 bits per heavy atom. The molecule has 8 nitrogen and oxygen atoms in total. The van der Waals surface area contributed by atoms with Crippen LogP contribution in [0.2, 0.25) is 0 Å². The standard InChI is InChI=1S/C21H24N4O4S2/c1-12-7-8-15(9-23-12)16-19(4,11-22)10-21(31-14(3)27)18(29)24(6)20(5,30-13(2)26)17(28)25(16)21/h7-9,16H,10H2,1-6H3/t16-,19+,20-,21-/m0/s1. The lowest BCUT2D eigenvalue weighted by Gasteiger charge is -2.52. The topological polar surface area (TPSA) is 111 Å². The number of carbonyl (C=O) groups excluding carboxylic acids is 4. The number of carbonyl (C=O) groups is 4. The van der Waals surface area contributed by atoms with Gasteiger partial charge in [-0.1, -0.05) is 17.8 Å². The predicted molar refractivity (Wildman–Crippen MR) is 117 cm³/mol. The summed E-state index contributed by atoms with van der Waals surface area (Å²) >= 11 is 1.51. The summed E-state index contributed by atoms with van der Waals surface area (Å²) in [5.74, 6) is -0.972. The third-order valence-corrected chi connectivity index (χ3v) is 8.19. The maximum Gasteiger partial charge on any atom is 0.261 e. The van der Waals surface area contributed by atoms with Crippen LogP contribution < -0.4 is 0 Å². The van der Waals surface area contributed by atoms with Crippen molar-refractivity contribution in [3.63, 3.8) is 0 Å². The summed E-state index contributed by atoms with van der Waals surface area (Å²) < 4.78 is 0. The molecule has 164 valence electrons. The molecule has 10 heteroatoms. The Morgan fingerprint density at radius 1 is 1.16 bits per heavy atom. The molecular formula is C21H24N4O4S2. The number of thioether (sulfide) groups is 2. The third kappa shape index (κ3) is 3.44. The normalized spacial score (nSPS) is 32.6. The van der Waals surface area contributed by atoms with Crippen molar-refractivity contribution in [1.82, 2.24) is 14.8 Å². The SMILES string of the molecule is CC(=O)S[C@@]1(C)C(=O)N2[C@@H](c3ccc(C)nc3)[C@@](C)(C#N)C[C@]2(SC(C)=O)C(=O)N1C. The molecule has 0 N–H and O–H groups in total. The number of hydrogen-bond acceptors (Lipinski definition) is 8. The minimum Gasteiger partial charge on any atom is -0.320 e. The Balaban J connectivity index is 2.31. The van der Waals surface area contributed by atoms with Crippen molar-refractivity contribution in [2.24, 2.45) is 5.41 Å². The molecule has 2 aliphatic heterocycles. The highest BCUT2D eigenvalue weighted by Crippen LogP contribution is 2.62. The molecule has 1 aromatic rings. The van der Waals surface area contributed by atoms with E-state index in [-0.39, 0.29) is 16.7 Å². The number of aryl methyl sites for hydroxylation is 1. The lowest BCUT2D eigenvalue weighted by atomic mass is 9.80. The first kappa shape index (κ1) is 23.3. The molecule has 2 saturated heterocycles. The van der Waals surface area contributed by atoms with Crippen LogP contribution in [0.4, 0.5) is 0 Å². The van der Waals surface area contributed by atoms with Gasteiger partial charge in [0, 0.05) is 39.2 Å². The van der Waals surface area contributed by atoms with Gasteiger partial charge < -0.3 is 9.80 Å². The zero-order valence-electron chi connectivity index (χ0n) is 18.3. The van der Waals surface area contributed by atoms with Crippen LogP contribution in [0.3, 0.4) is 0 Å². The number of hydrogen-bond donors (Lipinski definition) is 0. The Bertz CT molecular complexity index is 1020. The number of amides is 2. The van der Waals surface area contributed by atoms with E-state index < -0.39 is 33.0 Å². The average Bonchev–Trinajstić information content (AvgIpc) is 2.95. The summed E-state index contributed by atoms with van der Waals surface area (Å²) in [6.07, 6.45) is 1.57. The van der Waals surface area contributed by atoms with E-state index in [1.54, 1.807) is 25.3 Å². The van der Waals surface area contributed by atoms with Gasteiger partial charge in [0.2, 0.25) is 0 Å². The molecule has 2 fully saturated rings. The molecule has 0 aliphatic carbocycles. The van der Waals surface area contributed by atoms with Crippen LogP contribution in [-0.4, -0.2) is 53.6 Å².